The number of H-pyrrole nitrogens is 1. The third-order valence-electron chi connectivity index (χ3n) is 7.32. The number of fused-ring (bicyclic) bond motifs is 3. The van der Waals surface area contributed by atoms with Crippen molar-refractivity contribution in [2.45, 2.75) is 31.6 Å². The molecule has 13 heteroatoms. The number of rotatable bonds is 5. The van der Waals surface area contributed by atoms with E-state index in [-0.39, 0.29) is 23.9 Å². The van der Waals surface area contributed by atoms with Crippen molar-refractivity contribution in [2.75, 3.05) is 44.2 Å². The monoisotopic (exact) mass is 568 g/mol. The Balaban J connectivity index is 1.46. The third kappa shape index (κ3) is 5.25. The molecule has 5 rings (SSSR count). The van der Waals surface area contributed by atoms with E-state index in [1.807, 2.05) is 24.0 Å². The van der Waals surface area contributed by atoms with Crippen LogP contribution in [-0.2, 0) is 12.6 Å². The van der Waals surface area contributed by atoms with Gasteiger partial charge in [0.05, 0.1) is 17.1 Å². The van der Waals surface area contributed by atoms with Crippen molar-refractivity contribution in [1.82, 2.24) is 25.5 Å². The van der Waals surface area contributed by atoms with Gasteiger partial charge in [0.15, 0.2) is 11.7 Å². The molecule has 6 N–H and O–H groups in total. The van der Waals surface area contributed by atoms with Crippen molar-refractivity contribution in [1.29, 1.82) is 5.41 Å². The number of aryl methyl sites for hydroxylation is 1. The molecule has 1 fully saturated rings. The second-order valence-electron chi connectivity index (χ2n) is 9.77. The van der Waals surface area contributed by atoms with Gasteiger partial charge in [0.1, 0.15) is 5.82 Å². The van der Waals surface area contributed by atoms with Gasteiger partial charge < -0.3 is 26.3 Å². The summed E-state index contributed by atoms with van der Waals surface area (Å²) in [4.78, 5) is 11.7. The fraction of sp³-hybridized carbons (Fsp3) is 0.440. The van der Waals surface area contributed by atoms with E-state index in [9.17, 15) is 13.2 Å². The summed E-state index contributed by atoms with van der Waals surface area (Å²) in [5.74, 6) is 0.123. The molecule has 0 bridgehead atoms. The lowest BCUT2D eigenvalue weighted by atomic mass is 9.96. The first-order valence-corrected chi connectivity index (χ1v) is 13.1. The number of aromatic nitrogens is 2. The van der Waals surface area contributed by atoms with Crippen LogP contribution < -0.4 is 21.3 Å². The summed E-state index contributed by atoms with van der Waals surface area (Å²) in [6.45, 7) is 5.38. The van der Waals surface area contributed by atoms with Gasteiger partial charge >= 0.3 is 6.18 Å². The summed E-state index contributed by atoms with van der Waals surface area (Å²) in [6.07, 6.45) is -3.86. The molecular weight excluding hydrogens is 540 g/mol. The van der Waals surface area contributed by atoms with Crippen molar-refractivity contribution in [3.05, 3.63) is 56.8 Å². The molecule has 2 atom stereocenters. The average Bonchev–Trinajstić information content (AvgIpc) is 3.20. The van der Waals surface area contributed by atoms with E-state index >= 15 is 0 Å². The van der Waals surface area contributed by atoms with Gasteiger partial charge in [0.2, 0.25) is 0 Å². The second-order valence-corrected chi connectivity index (χ2v) is 10.6. The molecule has 0 amide bonds. The van der Waals surface area contributed by atoms with Gasteiger partial charge in [-0.1, -0.05) is 23.2 Å². The molecule has 8 nitrogen and oxygen atoms in total. The van der Waals surface area contributed by atoms with Crippen LogP contribution in [0.1, 0.15) is 28.6 Å². The lowest BCUT2D eigenvalue weighted by Crippen LogP contribution is -2.57. The molecule has 4 heterocycles. The van der Waals surface area contributed by atoms with E-state index < -0.39 is 16.9 Å². The largest absolute Gasteiger partial charge is 0.434 e. The number of nitrogens with two attached hydrogens (primary N) is 1. The molecule has 0 radical (unpaired) electrons. The van der Waals surface area contributed by atoms with E-state index in [0.29, 0.717) is 37.7 Å². The molecule has 2 aliphatic rings. The van der Waals surface area contributed by atoms with E-state index in [0.717, 1.165) is 35.1 Å². The minimum atomic E-state index is -4.64. The zero-order chi connectivity index (χ0) is 27.2. The van der Waals surface area contributed by atoms with Crippen molar-refractivity contribution in [3.8, 4) is 0 Å². The van der Waals surface area contributed by atoms with Crippen LogP contribution in [0.25, 0.3) is 10.9 Å². The number of guanidine groups is 1. The first kappa shape index (κ1) is 26.9. The van der Waals surface area contributed by atoms with Crippen molar-refractivity contribution in [2.24, 2.45) is 5.73 Å². The van der Waals surface area contributed by atoms with Crippen LogP contribution in [0.3, 0.4) is 0 Å². The maximum Gasteiger partial charge on any atom is 0.434 e. The Hall–Kier alpha value is -2.73. The van der Waals surface area contributed by atoms with E-state index in [2.05, 4.69) is 25.5 Å². The van der Waals surface area contributed by atoms with Crippen molar-refractivity contribution >= 4 is 45.9 Å². The van der Waals surface area contributed by atoms with Crippen LogP contribution >= 0.6 is 23.2 Å². The van der Waals surface area contributed by atoms with Gasteiger partial charge in [-0.25, -0.2) is 4.98 Å². The summed E-state index contributed by atoms with van der Waals surface area (Å²) in [5, 5.41) is 15.4. The van der Waals surface area contributed by atoms with E-state index in [1.54, 1.807) is 6.07 Å². The Morgan fingerprint density at radius 2 is 2.03 bits per heavy atom. The normalized spacial score (nSPS) is 20.5. The number of halogens is 5. The standard InChI is InChI=1S/C25H29Cl2F3N8/c1-13-8-19-16(9-18(13)27)15-4-6-37(20(22(15)35-19)11-34-24(31)32)12-14-10-33-5-7-38(14)21-3-2-17(26)23(36-21)25(28,29)30/h2-3,8-9,14,20,33,35H,4-7,10-12H2,1H3,(H4,31,32,34). The fourth-order valence-electron chi connectivity index (χ4n) is 5.49. The van der Waals surface area contributed by atoms with Crippen LogP contribution in [0.4, 0.5) is 19.0 Å². The highest BCUT2D eigenvalue weighted by atomic mass is 35.5. The lowest BCUT2D eigenvalue weighted by molar-refractivity contribution is -0.141. The fourth-order valence-corrected chi connectivity index (χ4v) is 5.87. The highest BCUT2D eigenvalue weighted by Crippen LogP contribution is 2.38. The number of benzene rings is 1. The number of alkyl halides is 3. The summed E-state index contributed by atoms with van der Waals surface area (Å²) < 4.78 is 40.5. The number of hydrogen-bond donors (Lipinski definition) is 5. The van der Waals surface area contributed by atoms with Crippen molar-refractivity contribution in [3.63, 3.8) is 0 Å². The molecule has 0 aliphatic carbocycles. The molecule has 204 valence electrons. The topological polar surface area (TPSA) is 109 Å². The summed E-state index contributed by atoms with van der Waals surface area (Å²) >= 11 is 12.3. The minimum Gasteiger partial charge on any atom is -0.370 e. The predicted octanol–water partition coefficient (Wildman–Crippen LogP) is 4.06. The lowest BCUT2D eigenvalue weighted by Gasteiger charge is -2.43. The van der Waals surface area contributed by atoms with Gasteiger partial charge in [-0.05, 0) is 48.7 Å². The second kappa shape index (κ2) is 10.4. The Morgan fingerprint density at radius 1 is 1.24 bits per heavy atom. The van der Waals surface area contributed by atoms with Crippen molar-refractivity contribution < 1.29 is 13.2 Å². The maximum absolute atomic E-state index is 13.5. The first-order chi connectivity index (χ1) is 18.0. The zero-order valence-electron chi connectivity index (χ0n) is 20.7. The van der Waals surface area contributed by atoms with Crippen LogP contribution in [0.5, 0.6) is 0 Å². The number of aromatic amines is 1. The Labute approximate surface area is 228 Å². The number of hydrogen-bond acceptors (Lipinski definition) is 5. The van der Waals surface area contributed by atoms with Gasteiger partial charge in [0, 0.05) is 60.9 Å². The SMILES string of the molecule is Cc1cc2[nH]c3c(c2cc1Cl)CCN(CC1CNCCN1c1ccc(Cl)c(C(F)(F)F)n1)C3CNC(=N)N. The Morgan fingerprint density at radius 3 is 2.76 bits per heavy atom. The third-order valence-corrected chi connectivity index (χ3v) is 8.03. The molecule has 3 aromatic rings. The van der Waals surface area contributed by atoms with Gasteiger partial charge in [-0.3, -0.25) is 10.3 Å². The molecule has 0 spiro atoms. The van der Waals surface area contributed by atoms with Crippen LogP contribution in [0.2, 0.25) is 10.0 Å². The quantitative estimate of drug-likeness (QED) is 0.234. The first-order valence-electron chi connectivity index (χ1n) is 12.4. The molecular formula is C25H29Cl2F3N8. The molecule has 2 aliphatic heterocycles. The number of anilines is 1. The molecule has 1 saturated heterocycles. The summed E-state index contributed by atoms with van der Waals surface area (Å²) in [6, 6.07) is 6.55. The zero-order valence-corrected chi connectivity index (χ0v) is 22.2. The molecule has 2 aromatic heterocycles. The maximum atomic E-state index is 13.5. The smallest absolute Gasteiger partial charge is 0.370 e. The molecule has 2 unspecified atom stereocenters. The van der Waals surface area contributed by atoms with Crippen LogP contribution in [0.15, 0.2) is 24.3 Å². The molecule has 38 heavy (non-hydrogen) atoms. The Bertz CT molecular complexity index is 1360. The minimum absolute atomic E-state index is 0.127. The van der Waals surface area contributed by atoms with Crippen LogP contribution in [0, 0.1) is 12.3 Å². The highest BCUT2D eigenvalue weighted by molar-refractivity contribution is 6.32. The number of pyridine rings is 1. The number of nitrogens with one attached hydrogen (secondary N) is 4. The predicted molar refractivity (Wildman–Crippen MR) is 144 cm³/mol. The van der Waals surface area contributed by atoms with Gasteiger partial charge in [0.25, 0.3) is 0 Å². The van der Waals surface area contributed by atoms with Gasteiger partial charge in [-0.15, -0.1) is 0 Å². The average molecular weight is 569 g/mol. The molecule has 0 saturated carbocycles. The number of nitrogens with zero attached hydrogens (tertiary/aromatic N) is 3. The molecule has 1 aromatic carbocycles. The van der Waals surface area contributed by atoms with E-state index in [4.69, 9.17) is 34.3 Å². The number of piperazine rings is 1. The summed E-state index contributed by atoms with van der Waals surface area (Å²) in [5.41, 5.74) is 8.74. The van der Waals surface area contributed by atoms with Gasteiger partial charge in [-0.2, -0.15) is 13.2 Å². The van der Waals surface area contributed by atoms with Crippen LogP contribution in [-0.4, -0.2) is 66.1 Å². The Kier molecular flexibility index (Phi) is 7.38. The van der Waals surface area contributed by atoms with E-state index in [1.165, 1.54) is 11.6 Å². The highest BCUT2D eigenvalue weighted by Gasteiger charge is 2.38. The summed E-state index contributed by atoms with van der Waals surface area (Å²) in [7, 11) is 0.